The van der Waals surface area contributed by atoms with Crippen molar-refractivity contribution in [1.82, 2.24) is 10.2 Å². The van der Waals surface area contributed by atoms with Crippen LogP contribution < -0.4 is 10.1 Å². The molecule has 2 aliphatic rings. The fourth-order valence-electron chi connectivity index (χ4n) is 3.48. The topological polar surface area (TPSA) is 58.6 Å². The number of methoxy groups -OCH3 is 1. The molecule has 2 fully saturated rings. The Balaban J connectivity index is 1.55. The van der Waals surface area contributed by atoms with Gasteiger partial charge in [0.15, 0.2) is 5.78 Å². The summed E-state index contributed by atoms with van der Waals surface area (Å²) in [5.74, 6) is 1.35. The molecule has 0 aromatic heterocycles. The van der Waals surface area contributed by atoms with E-state index in [4.69, 9.17) is 4.74 Å². The highest BCUT2D eigenvalue weighted by Crippen LogP contribution is 2.24. The lowest BCUT2D eigenvalue weighted by atomic mass is 9.88. The first-order chi connectivity index (χ1) is 11.2. The third-order valence-corrected chi connectivity index (χ3v) is 4.96. The molecule has 0 spiro atoms. The highest BCUT2D eigenvalue weighted by atomic mass is 16.5. The van der Waals surface area contributed by atoms with E-state index in [-0.39, 0.29) is 23.5 Å². The van der Waals surface area contributed by atoms with E-state index in [0.29, 0.717) is 13.1 Å². The monoisotopic (exact) mass is 316 g/mol. The molecule has 1 unspecified atom stereocenters. The number of amides is 1. The third kappa shape index (κ3) is 3.55. The number of hydrogen-bond donors (Lipinski definition) is 1. The van der Waals surface area contributed by atoms with Crippen LogP contribution in [0.5, 0.6) is 5.75 Å². The molecule has 1 aromatic carbocycles. The van der Waals surface area contributed by atoms with Crippen LogP contribution in [0, 0.1) is 11.8 Å². The quantitative estimate of drug-likeness (QED) is 0.860. The molecule has 0 aliphatic carbocycles. The molecule has 2 heterocycles. The Morgan fingerprint density at radius 3 is 2.35 bits per heavy atom. The number of carbonyl (C=O) groups excluding carboxylic acids is 2. The second kappa shape index (κ2) is 7.13. The lowest BCUT2D eigenvalue weighted by Crippen LogP contribution is -2.43. The third-order valence-electron chi connectivity index (χ3n) is 4.96. The highest BCUT2D eigenvalue weighted by molar-refractivity contribution is 5.98. The maximum Gasteiger partial charge on any atom is 0.227 e. The van der Waals surface area contributed by atoms with Crippen LogP contribution in [0.1, 0.15) is 29.6 Å². The number of Topliss-reactive ketones (excluding diaryl/α,β-unsaturated/α-hetero) is 1. The highest BCUT2D eigenvalue weighted by Gasteiger charge is 2.32. The van der Waals surface area contributed by atoms with Gasteiger partial charge < -0.3 is 15.0 Å². The summed E-state index contributed by atoms with van der Waals surface area (Å²) in [4.78, 5) is 26.9. The van der Waals surface area contributed by atoms with Crippen molar-refractivity contribution in [1.29, 1.82) is 0 Å². The molecule has 1 aromatic rings. The zero-order chi connectivity index (χ0) is 16.2. The molecular weight excluding hydrogens is 292 g/mol. The van der Waals surface area contributed by atoms with Gasteiger partial charge >= 0.3 is 0 Å². The van der Waals surface area contributed by atoms with Gasteiger partial charge in [-0.25, -0.2) is 0 Å². The van der Waals surface area contributed by atoms with Crippen molar-refractivity contribution in [2.45, 2.75) is 19.3 Å². The standard InChI is InChI=1S/C18H24N2O3/c1-23-16-4-2-13(3-5-16)17(21)14-7-10-20(11-8-14)18(22)15-6-9-19-12-15/h2-5,14-15,19H,6-12H2,1H3. The fraction of sp³-hybridized carbons (Fsp3) is 0.556. The maximum absolute atomic E-state index is 12.6. The minimum Gasteiger partial charge on any atom is -0.497 e. The van der Waals surface area contributed by atoms with E-state index in [1.54, 1.807) is 7.11 Å². The number of nitrogens with zero attached hydrogens (tertiary/aromatic N) is 1. The van der Waals surface area contributed by atoms with Crippen molar-refractivity contribution in [3.8, 4) is 5.75 Å². The molecule has 1 amide bonds. The summed E-state index contributed by atoms with van der Waals surface area (Å²) in [5.41, 5.74) is 0.732. The first-order valence-corrected chi connectivity index (χ1v) is 8.37. The molecule has 5 nitrogen and oxygen atoms in total. The number of piperidine rings is 1. The molecule has 1 atom stereocenters. The number of hydrogen-bond acceptors (Lipinski definition) is 4. The van der Waals surface area contributed by atoms with Crippen LogP contribution in [0.15, 0.2) is 24.3 Å². The number of rotatable bonds is 4. The molecule has 1 N–H and O–H groups in total. The average molecular weight is 316 g/mol. The predicted molar refractivity (Wildman–Crippen MR) is 87.6 cm³/mol. The van der Waals surface area contributed by atoms with Gasteiger partial charge in [0.1, 0.15) is 5.75 Å². The normalized spacial score (nSPS) is 22.1. The second-order valence-corrected chi connectivity index (χ2v) is 6.38. The van der Waals surface area contributed by atoms with Gasteiger partial charge in [0.25, 0.3) is 0 Å². The van der Waals surface area contributed by atoms with Gasteiger partial charge in [0, 0.05) is 31.1 Å². The summed E-state index contributed by atoms with van der Waals surface area (Å²) in [5, 5.41) is 3.24. The summed E-state index contributed by atoms with van der Waals surface area (Å²) in [6.07, 6.45) is 2.46. The second-order valence-electron chi connectivity index (χ2n) is 6.38. The number of ether oxygens (including phenoxy) is 1. The van der Waals surface area contributed by atoms with Gasteiger partial charge in [0.05, 0.1) is 13.0 Å². The number of carbonyl (C=O) groups is 2. The van der Waals surface area contributed by atoms with E-state index in [9.17, 15) is 9.59 Å². The SMILES string of the molecule is COc1ccc(C(=O)C2CCN(C(=O)C3CCNC3)CC2)cc1. The lowest BCUT2D eigenvalue weighted by molar-refractivity contribution is -0.136. The summed E-state index contributed by atoms with van der Waals surface area (Å²) >= 11 is 0. The number of benzene rings is 1. The maximum atomic E-state index is 12.6. The van der Waals surface area contributed by atoms with Crippen molar-refractivity contribution in [3.05, 3.63) is 29.8 Å². The van der Waals surface area contributed by atoms with Crippen molar-refractivity contribution in [2.24, 2.45) is 11.8 Å². The smallest absolute Gasteiger partial charge is 0.227 e. The first kappa shape index (κ1) is 16.0. The zero-order valence-electron chi connectivity index (χ0n) is 13.6. The number of likely N-dealkylation sites (tertiary alicyclic amines) is 1. The minimum absolute atomic E-state index is 0.0224. The molecule has 5 heteroatoms. The Labute approximate surface area is 137 Å². The fourth-order valence-corrected chi connectivity index (χ4v) is 3.48. The van der Waals surface area contributed by atoms with Crippen LogP contribution in [0.2, 0.25) is 0 Å². The Morgan fingerprint density at radius 1 is 1.09 bits per heavy atom. The Kier molecular flexibility index (Phi) is 4.96. The van der Waals surface area contributed by atoms with Crippen molar-refractivity contribution >= 4 is 11.7 Å². The van der Waals surface area contributed by atoms with Crippen LogP contribution >= 0.6 is 0 Å². The van der Waals surface area contributed by atoms with E-state index in [0.717, 1.165) is 43.7 Å². The number of ketones is 1. The van der Waals surface area contributed by atoms with Gasteiger partial charge in [-0.1, -0.05) is 0 Å². The van der Waals surface area contributed by atoms with Crippen LogP contribution in [0.4, 0.5) is 0 Å². The van der Waals surface area contributed by atoms with E-state index in [1.165, 1.54) is 0 Å². The Morgan fingerprint density at radius 2 is 1.78 bits per heavy atom. The summed E-state index contributed by atoms with van der Waals surface area (Å²) < 4.78 is 5.12. The molecule has 3 rings (SSSR count). The van der Waals surface area contributed by atoms with Crippen LogP contribution in [0.3, 0.4) is 0 Å². The lowest BCUT2D eigenvalue weighted by Gasteiger charge is -2.33. The average Bonchev–Trinajstić information content (AvgIpc) is 3.15. The van der Waals surface area contributed by atoms with Crippen molar-refractivity contribution in [3.63, 3.8) is 0 Å². The molecule has 0 bridgehead atoms. The van der Waals surface area contributed by atoms with Gasteiger partial charge in [0.2, 0.25) is 5.91 Å². The van der Waals surface area contributed by atoms with Crippen LogP contribution in [-0.2, 0) is 4.79 Å². The van der Waals surface area contributed by atoms with E-state index in [1.807, 2.05) is 29.2 Å². The van der Waals surface area contributed by atoms with Crippen molar-refractivity contribution in [2.75, 3.05) is 33.3 Å². The van der Waals surface area contributed by atoms with Gasteiger partial charge in [-0.05, 0) is 50.1 Å². The van der Waals surface area contributed by atoms with E-state index in [2.05, 4.69) is 5.32 Å². The minimum atomic E-state index is 0.0224. The Bertz CT molecular complexity index is 556. The summed E-state index contributed by atoms with van der Waals surface area (Å²) in [7, 11) is 1.61. The van der Waals surface area contributed by atoms with Crippen LogP contribution in [-0.4, -0.2) is 49.9 Å². The van der Waals surface area contributed by atoms with E-state index >= 15 is 0 Å². The molecule has 2 aliphatic heterocycles. The Hall–Kier alpha value is -1.88. The molecule has 0 saturated carbocycles. The first-order valence-electron chi connectivity index (χ1n) is 8.37. The molecule has 23 heavy (non-hydrogen) atoms. The predicted octanol–water partition coefficient (Wildman–Crippen LogP) is 1.73. The number of nitrogens with one attached hydrogen (secondary N) is 1. The molecule has 124 valence electrons. The van der Waals surface area contributed by atoms with E-state index < -0.39 is 0 Å². The van der Waals surface area contributed by atoms with Gasteiger partial charge in [-0.3, -0.25) is 9.59 Å². The molecular formula is C18H24N2O3. The molecule has 2 saturated heterocycles. The largest absolute Gasteiger partial charge is 0.497 e. The van der Waals surface area contributed by atoms with Crippen LogP contribution in [0.25, 0.3) is 0 Å². The summed E-state index contributed by atoms with van der Waals surface area (Å²) in [6.45, 7) is 3.12. The zero-order valence-corrected chi connectivity index (χ0v) is 13.6. The summed E-state index contributed by atoms with van der Waals surface area (Å²) in [6, 6.07) is 7.28. The van der Waals surface area contributed by atoms with Crippen molar-refractivity contribution < 1.29 is 14.3 Å². The van der Waals surface area contributed by atoms with Gasteiger partial charge in [-0.15, -0.1) is 0 Å². The van der Waals surface area contributed by atoms with Gasteiger partial charge in [-0.2, -0.15) is 0 Å². The molecule has 0 radical (unpaired) electrons.